The van der Waals surface area contributed by atoms with Crippen molar-refractivity contribution in [2.45, 2.75) is 57.7 Å². The number of aliphatic hydroxyl groups excluding tert-OH is 1. The summed E-state index contributed by atoms with van der Waals surface area (Å²) in [4.78, 5) is 11.1. The highest BCUT2D eigenvalue weighted by atomic mass is 16.3. The molecule has 0 aromatic carbocycles. The third-order valence-corrected chi connectivity index (χ3v) is 5.08. The lowest BCUT2D eigenvalue weighted by atomic mass is 10.0. The third-order valence-electron chi connectivity index (χ3n) is 5.08. The molecule has 2 fully saturated rings. The number of allylic oxidation sites excluding steroid dienone is 2. The molecule has 0 radical (unpaired) electrons. The zero-order chi connectivity index (χ0) is 18.4. The van der Waals surface area contributed by atoms with Gasteiger partial charge in [-0.15, -0.1) is 0 Å². The second kappa shape index (κ2) is 9.14. The Kier molecular flexibility index (Phi) is 6.63. The van der Waals surface area contributed by atoms with E-state index in [1.165, 1.54) is 12.8 Å². The van der Waals surface area contributed by atoms with Gasteiger partial charge >= 0.3 is 0 Å². The molecule has 3 aliphatic rings. The molecule has 0 spiro atoms. The summed E-state index contributed by atoms with van der Waals surface area (Å²) in [7, 11) is 0. The standard InChI is InChI=1S/C18H25N5O.C2H6/c24-16(13-4-2-1-3-5-13)9-19-17-8-18(21-12-20-17)23-10-14-6-7-15(11-23)22-14;1-2/h2,4-5,8,12,14-16,22,24H,1,3,6-7,9-11H2,(H,19,20,21);1-2H3/t14?,15?,16-;/m0./s1. The molecular weight excluding hydrogens is 326 g/mol. The van der Waals surface area contributed by atoms with Crippen molar-refractivity contribution >= 4 is 11.6 Å². The lowest BCUT2D eigenvalue weighted by molar-refractivity contribution is 0.227. The SMILES string of the molecule is CC.O[C@@H](CNc1cc(N2CC3CCC(C2)N3)ncn1)C1=CCCC=C1. The van der Waals surface area contributed by atoms with Crippen LogP contribution in [0, 0.1) is 0 Å². The number of rotatable bonds is 5. The van der Waals surface area contributed by atoms with Crippen LogP contribution in [0.2, 0.25) is 0 Å². The van der Waals surface area contributed by atoms with Gasteiger partial charge in [0.2, 0.25) is 0 Å². The van der Waals surface area contributed by atoms with Crippen LogP contribution in [0.3, 0.4) is 0 Å². The van der Waals surface area contributed by atoms with Crippen LogP contribution in [-0.2, 0) is 0 Å². The average Bonchev–Trinajstić information content (AvgIpc) is 3.06. The molecule has 2 unspecified atom stereocenters. The summed E-state index contributed by atoms with van der Waals surface area (Å²) in [5, 5.41) is 17.2. The number of anilines is 2. The van der Waals surface area contributed by atoms with Crippen molar-refractivity contribution in [2.75, 3.05) is 29.9 Å². The molecule has 142 valence electrons. The lowest BCUT2D eigenvalue weighted by Crippen LogP contribution is -2.51. The summed E-state index contributed by atoms with van der Waals surface area (Å²) >= 11 is 0. The molecule has 2 saturated heterocycles. The molecule has 1 aliphatic carbocycles. The molecule has 4 rings (SSSR count). The van der Waals surface area contributed by atoms with Crippen LogP contribution in [-0.4, -0.2) is 52.9 Å². The van der Waals surface area contributed by atoms with Crippen molar-refractivity contribution in [3.05, 3.63) is 36.2 Å². The van der Waals surface area contributed by atoms with E-state index in [1.807, 2.05) is 26.0 Å². The van der Waals surface area contributed by atoms with Gasteiger partial charge in [-0.05, 0) is 31.3 Å². The van der Waals surface area contributed by atoms with E-state index in [4.69, 9.17) is 0 Å². The zero-order valence-corrected chi connectivity index (χ0v) is 15.9. The van der Waals surface area contributed by atoms with E-state index in [9.17, 15) is 5.11 Å². The van der Waals surface area contributed by atoms with Crippen LogP contribution in [0.4, 0.5) is 11.6 Å². The number of piperazine rings is 1. The molecule has 6 nitrogen and oxygen atoms in total. The van der Waals surface area contributed by atoms with Gasteiger partial charge in [0.25, 0.3) is 0 Å². The summed E-state index contributed by atoms with van der Waals surface area (Å²) in [5.74, 6) is 1.74. The van der Waals surface area contributed by atoms with Gasteiger partial charge < -0.3 is 20.6 Å². The van der Waals surface area contributed by atoms with Gasteiger partial charge in [0.05, 0.1) is 6.10 Å². The van der Waals surface area contributed by atoms with Crippen LogP contribution in [0.15, 0.2) is 36.2 Å². The van der Waals surface area contributed by atoms with Crippen molar-refractivity contribution in [3.63, 3.8) is 0 Å². The average molecular weight is 358 g/mol. The van der Waals surface area contributed by atoms with E-state index >= 15 is 0 Å². The molecule has 2 aliphatic heterocycles. The van der Waals surface area contributed by atoms with Crippen LogP contribution >= 0.6 is 0 Å². The predicted molar refractivity (Wildman–Crippen MR) is 106 cm³/mol. The van der Waals surface area contributed by atoms with Crippen molar-refractivity contribution < 1.29 is 5.11 Å². The minimum atomic E-state index is -0.505. The van der Waals surface area contributed by atoms with Crippen molar-refractivity contribution in [1.29, 1.82) is 0 Å². The Morgan fingerprint density at radius 1 is 1.23 bits per heavy atom. The molecule has 3 atom stereocenters. The summed E-state index contributed by atoms with van der Waals surface area (Å²) in [6, 6.07) is 3.16. The molecule has 1 aromatic rings. The van der Waals surface area contributed by atoms with E-state index in [0.717, 1.165) is 43.1 Å². The summed E-state index contributed by atoms with van der Waals surface area (Å²) in [5.41, 5.74) is 0.988. The highest BCUT2D eigenvalue weighted by Crippen LogP contribution is 2.24. The molecular formula is C20H31N5O. The van der Waals surface area contributed by atoms with Crippen molar-refractivity contribution in [2.24, 2.45) is 0 Å². The topological polar surface area (TPSA) is 73.3 Å². The van der Waals surface area contributed by atoms with Crippen LogP contribution in [0.25, 0.3) is 0 Å². The van der Waals surface area contributed by atoms with Gasteiger partial charge in [0.15, 0.2) is 0 Å². The predicted octanol–water partition coefficient (Wildman–Crippen LogP) is 2.49. The second-order valence-electron chi connectivity index (χ2n) is 6.88. The number of aliphatic hydroxyl groups is 1. The maximum Gasteiger partial charge on any atom is 0.134 e. The first-order valence-corrected chi connectivity index (χ1v) is 9.89. The molecule has 3 heterocycles. The highest BCUT2D eigenvalue weighted by Gasteiger charge is 2.32. The first kappa shape index (κ1) is 18.9. The number of hydrogen-bond donors (Lipinski definition) is 3. The molecule has 0 amide bonds. The van der Waals surface area contributed by atoms with Crippen LogP contribution in [0.5, 0.6) is 0 Å². The lowest BCUT2D eigenvalue weighted by Gasteiger charge is -2.33. The van der Waals surface area contributed by atoms with Gasteiger partial charge in [-0.25, -0.2) is 9.97 Å². The Bertz CT molecular complexity index is 633. The fourth-order valence-electron chi connectivity index (χ4n) is 3.80. The molecule has 1 aromatic heterocycles. The van der Waals surface area contributed by atoms with Gasteiger partial charge in [0.1, 0.15) is 18.0 Å². The van der Waals surface area contributed by atoms with Gasteiger partial charge in [-0.1, -0.05) is 32.1 Å². The van der Waals surface area contributed by atoms with Crippen LogP contribution < -0.4 is 15.5 Å². The monoisotopic (exact) mass is 357 g/mol. The largest absolute Gasteiger partial charge is 0.387 e. The molecule has 3 N–H and O–H groups in total. The number of aromatic nitrogens is 2. The fraction of sp³-hybridized carbons (Fsp3) is 0.600. The maximum atomic E-state index is 10.3. The summed E-state index contributed by atoms with van der Waals surface area (Å²) in [6.07, 6.45) is 11.9. The van der Waals surface area contributed by atoms with E-state index < -0.39 is 6.10 Å². The van der Waals surface area contributed by atoms with Crippen molar-refractivity contribution in [1.82, 2.24) is 15.3 Å². The second-order valence-corrected chi connectivity index (χ2v) is 6.88. The Balaban J connectivity index is 0.000000948. The van der Waals surface area contributed by atoms with Gasteiger partial charge in [0, 0.05) is 37.8 Å². The third kappa shape index (κ3) is 4.62. The van der Waals surface area contributed by atoms with Gasteiger partial charge in [-0.2, -0.15) is 0 Å². The molecule has 6 heteroatoms. The number of nitrogens with one attached hydrogen (secondary N) is 2. The number of hydrogen-bond acceptors (Lipinski definition) is 6. The molecule has 0 saturated carbocycles. The Labute approximate surface area is 156 Å². The minimum Gasteiger partial charge on any atom is -0.387 e. The zero-order valence-electron chi connectivity index (χ0n) is 15.9. The van der Waals surface area contributed by atoms with E-state index in [-0.39, 0.29) is 0 Å². The number of nitrogens with zero attached hydrogens (tertiary/aromatic N) is 3. The molecule has 26 heavy (non-hydrogen) atoms. The van der Waals surface area contributed by atoms with Crippen molar-refractivity contribution in [3.8, 4) is 0 Å². The molecule has 2 bridgehead atoms. The van der Waals surface area contributed by atoms with E-state index in [2.05, 4.69) is 37.7 Å². The summed E-state index contributed by atoms with van der Waals surface area (Å²) < 4.78 is 0. The first-order chi connectivity index (χ1) is 12.8. The minimum absolute atomic E-state index is 0.458. The first-order valence-electron chi connectivity index (χ1n) is 9.89. The Morgan fingerprint density at radius 3 is 2.69 bits per heavy atom. The summed E-state index contributed by atoms with van der Waals surface area (Å²) in [6.45, 7) is 6.47. The Hall–Kier alpha value is -1.92. The fourth-order valence-corrected chi connectivity index (χ4v) is 3.80. The Morgan fingerprint density at radius 2 is 2.00 bits per heavy atom. The quantitative estimate of drug-likeness (QED) is 0.752. The van der Waals surface area contributed by atoms with Crippen LogP contribution in [0.1, 0.15) is 39.5 Å². The van der Waals surface area contributed by atoms with E-state index in [0.29, 0.717) is 18.6 Å². The normalized spacial score (nSPS) is 25.2. The highest BCUT2D eigenvalue weighted by molar-refractivity contribution is 5.49. The smallest absolute Gasteiger partial charge is 0.134 e. The number of fused-ring (bicyclic) bond motifs is 2. The van der Waals surface area contributed by atoms with Gasteiger partial charge in [-0.3, -0.25) is 0 Å². The van der Waals surface area contributed by atoms with E-state index in [1.54, 1.807) is 6.33 Å². The maximum absolute atomic E-state index is 10.3.